The average molecular weight is 253 g/mol. The Morgan fingerprint density at radius 1 is 1.53 bits per heavy atom. The molecule has 0 amide bonds. The molecule has 0 aromatic carbocycles. The monoisotopic (exact) mass is 253 g/mol. The first-order valence-electron chi connectivity index (χ1n) is 6.00. The van der Waals surface area contributed by atoms with Gasteiger partial charge in [0.25, 0.3) is 0 Å². The van der Waals surface area contributed by atoms with Gasteiger partial charge >= 0.3 is 5.97 Å². The molecule has 1 aromatic rings. The van der Waals surface area contributed by atoms with E-state index in [-0.39, 0.29) is 0 Å². The van der Waals surface area contributed by atoms with Crippen LogP contribution in [0.3, 0.4) is 0 Å². The molecular formula is C11H15N3O2S. The summed E-state index contributed by atoms with van der Waals surface area (Å²) in [7, 11) is 0. The molecule has 3 rings (SSSR count). The maximum absolute atomic E-state index is 11.2. The minimum atomic E-state index is -0.691. The number of carboxylic acid groups (broad SMARTS) is 1. The second kappa shape index (κ2) is 3.94. The Hall–Kier alpha value is -1.17. The summed E-state index contributed by atoms with van der Waals surface area (Å²) in [6.45, 7) is 0.474. The molecule has 92 valence electrons. The zero-order chi connectivity index (χ0) is 11.9. The summed E-state index contributed by atoms with van der Waals surface area (Å²) in [5, 5.41) is 13.1. The summed E-state index contributed by atoms with van der Waals surface area (Å²) in [5.74, 6) is 0.789. The maximum Gasteiger partial charge on any atom is 0.311 e. The van der Waals surface area contributed by atoms with Crippen LogP contribution in [0.4, 0.5) is 5.13 Å². The maximum atomic E-state index is 11.2. The van der Waals surface area contributed by atoms with Crippen molar-refractivity contribution >= 4 is 22.6 Å². The molecule has 0 radical (unpaired) electrons. The fourth-order valence-electron chi connectivity index (χ4n) is 2.13. The lowest BCUT2D eigenvalue weighted by atomic mass is 9.69. The van der Waals surface area contributed by atoms with Crippen molar-refractivity contribution in [3.63, 3.8) is 0 Å². The number of aliphatic carboxylic acids is 1. The second-order valence-electron chi connectivity index (χ2n) is 5.02. The molecule has 2 aliphatic rings. The third-order valence-corrected chi connectivity index (χ3v) is 4.41. The van der Waals surface area contributed by atoms with Crippen LogP contribution in [0.25, 0.3) is 0 Å². The molecule has 0 atom stereocenters. The lowest BCUT2D eigenvalue weighted by Gasteiger charge is -2.37. The molecule has 0 bridgehead atoms. The fraction of sp³-hybridized carbons (Fsp3) is 0.727. The normalized spacial score (nSPS) is 21.9. The van der Waals surface area contributed by atoms with E-state index in [4.69, 9.17) is 0 Å². The molecule has 1 heterocycles. The Bertz CT molecular complexity index is 438. The quantitative estimate of drug-likeness (QED) is 0.840. The highest BCUT2D eigenvalue weighted by Crippen LogP contribution is 2.42. The first-order valence-corrected chi connectivity index (χ1v) is 6.78. The summed E-state index contributed by atoms with van der Waals surface area (Å²) in [5.41, 5.74) is -0.564. The number of rotatable bonds is 5. The largest absolute Gasteiger partial charge is 0.481 e. The van der Waals surface area contributed by atoms with Gasteiger partial charge in [0.2, 0.25) is 5.13 Å². The molecule has 2 saturated carbocycles. The van der Waals surface area contributed by atoms with Gasteiger partial charge in [0.05, 0.1) is 5.41 Å². The zero-order valence-electron chi connectivity index (χ0n) is 9.48. The fourth-order valence-corrected chi connectivity index (χ4v) is 2.77. The zero-order valence-corrected chi connectivity index (χ0v) is 10.3. The molecule has 17 heavy (non-hydrogen) atoms. The topological polar surface area (TPSA) is 75.1 Å². The van der Waals surface area contributed by atoms with E-state index in [1.54, 1.807) is 0 Å². The molecule has 1 aromatic heterocycles. The smallest absolute Gasteiger partial charge is 0.311 e. The molecule has 5 nitrogen and oxygen atoms in total. The van der Waals surface area contributed by atoms with Gasteiger partial charge in [-0.2, -0.15) is 4.37 Å². The number of nitrogens with one attached hydrogen (secondary N) is 1. The van der Waals surface area contributed by atoms with Crippen LogP contribution < -0.4 is 5.32 Å². The molecule has 2 aliphatic carbocycles. The Balaban J connectivity index is 1.60. The van der Waals surface area contributed by atoms with Crippen LogP contribution in [-0.2, 0) is 4.79 Å². The standard InChI is InChI=1S/C11H15N3O2S/c15-9(16)11(4-1-5-11)6-12-10-13-8(14-17-10)7-2-3-7/h7H,1-6H2,(H,15,16)(H,12,13,14). The SMILES string of the molecule is O=C(O)C1(CNc2nc(C3CC3)ns2)CCC1. The highest BCUT2D eigenvalue weighted by Gasteiger charge is 2.44. The molecule has 0 unspecified atom stereocenters. The second-order valence-corrected chi connectivity index (χ2v) is 5.78. The van der Waals surface area contributed by atoms with Gasteiger partial charge in [-0.25, -0.2) is 4.98 Å². The molecule has 2 fully saturated rings. The van der Waals surface area contributed by atoms with Crippen molar-refractivity contribution in [1.82, 2.24) is 9.36 Å². The molecule has 0 spiro atoms. The van der Waals surface area contributed by atoms with E-state index in [0.717, 1.165) is 30.2 Å². The van der Waals surface area contributed by atoms with Crippen molar-refractivity contribution in [3.05, 3.63) is 5.82 Å². The molecule has 0 saturated heterocycles. The van der Waals surface area contributed by atoms with E-state index in [1.807, 2.05) is 0 Å². The van der Waals surface area contributed by atoms with Crippen LogP contribution in [-0.4, -0.2) is 27.0 Å². The van der Waals surface area contributed by atoms with E-state index < -0.39 is 11.4 Å². The Morgan fingerprint density at radius 2 is 2.29 bits per heavy atom. The molecule has 2 N–H and O–H groups in total. The van der Waals surface area contributed by atoms with Gasteiger partial charge in [0.1, 0.15) is 5.82 Å². The van der Waals surface area contributed by atoms with Crippen LogP contribution in [0.1, 0.15) is 43.8 Å². The van der Waals surface area contributed by atoms with Crippen LogP contribution in [0, 0.1) is 5.41 Å². The number of hydrogen-bond acceptors (Lipinski definition) is 5. The summed E-state index contributed by atoms with van der Waals surface area (Å²) in [6, 6.07) is 0. The van der Waals surface area contributed by atoms with Crippen molar-refractivity contribution in [2.45, 2.75) is 38.0 Å². The summed E-state index contributed by atoms with van der Waals surface area (Å²) >= 11 is 1.34. The summed E-state index contributed by atoms with van der Waals surface area (Å²) in [4.78, 5) is 15.6. The van der Waals surface area contributed by atoms with E-state index in [9.17, 15) is 9.90 Å². The Morgan fingerprint density at radius 3 is 2.82 bits per heavy atom. The van der Waals surface area contributed by atoms with Gasteiger partial charge in [0, 0.05) is 24.0 Å². The van der Waals surface area contributed by atoms with Crippen LogP contribution in [0.5, 0.6) is 0 Å². The average Bonchev–Trinajstić information content (AvgIpc) is 2.97. The number of nitrogens with zero attached hydrogens (tertiary/aromatic N) is 2. The Labute approximate surface area is 103 Å². The summed E-state index contributed by atoms with van der Waals surface area (Å²) < 4.78 is 4.29. The number of anilines is 1. The lowest BCUT2D eigenvalue weighted by molar-refractivity contribution is -0.153. The van der Waals surface area contributed by atoms with Crippen molar-refractivity contribution in [1.29, 1.82) is 0 Å². The number of hydrogen-bond donors (Lipinski definition) is 2. The van der Waals surface area contributed by atoms with Gasteiger partial charge in [-0.05, 0) is 25.7 Å². The highest BCUT2D eigenvalue weighted by molar-refractivity contribution is 7.09. The predicted octanol–water partition coefficient (Wildman–Crippen LogP) is 2.08. The van der Waals surface area contributed by atoms with Gasteiger partial charge < -0.3 is 10.4 Å². The van der Waals surface area contributed by atoms with Crippen molar-refractivity contribution in [2.24, 2.45) is 5.41 Å². The van der Waals surface area contributed by atoms with Crippen LogP contribution in [0.15, 0.2) is 0 Å². The van der Waals surface area contributed by atoms with Gasteiger partial charge in [-0.1, -0.05) is 6.42 Å². The molecular weight excluding hydrogens is 238 g/mol. The van der Waals surface area contributed by atoms with Crippen molar-refractivity contribution in [3.8, 4) is 0 Å². The van der Waals surface area contributed by atoms with Gasteiger partial charge in [-0.15, -0.1) is 0 Å². The van der Waals surface area contributed by atoms with E-state index in [0.29, 0.717) is 12.5 Å². The van der Waals surface area contributed by atoms with Gasteiger partial charge in [-0.3, -0.25) is 4.79 Å². The third kappa shape index (κ3) is 2.01. The number of aromatic nitrogens is 2. The first-order chi connectivity index (χ1) is 8.20. The van der Waals surface area contributed by atoms with Gasteiger partial charge in [0.15, 0.2) is 0 Å². The van der Waals surface area contributed by atoms with Crippen molar-refractivity contribution in [2.75, 3.05) is 11.9 Å². The van der Waals surface area contributed by atoms with E-state index in [2.05, 4.69) is 14.7 Å². The van der Waals surface area contributed by atoms with Crippen LogP contribution >= 0.6 is 11.5 Å². The molecule has 6 heteroatoms. The molecule has 0 aliphatic heterocycles. The number of carboxylic acids is 1. The third-order valence-electron chi connectivity index (χ3n) is 3.73. The predicted molar refractivity (Wildman–Crippen MR) is 64.3 cm³/mol. The van der Waals surface area contributed by atoms with E-state index in [1.165, 1.54) is 24.4 Å². The number of carbonyl (C=O) groups is 1. The van der Waals surface area contributed by atoms with Crippen LogP contribution in [0.2, 0.25) is 0 Å². The first kappa shape index (κ1) is 11.0. The lowest BCUT2D eigenvalue weighted by Crippen LogP contribution is -2.43. The minimum absolute atomic E-state index is 0.474. The summed E-state index contributed by atoms with van der Waals surface area (Å²) in [6.07, 6.45) is 4.93. The minimum Gasteiger partial charge on any atom is -0.481 e. The Kier molecular flexibility index (Phi) is 2.54. The van der Waals surface area contributed by atoms with E-state index >= 15 is 0 Å². The highest BCUT2D eigenvalue weighted by atomic mass is 32.1. The van der Waals surface area contributed by atoms with Crippen molar-refractivity contribution < 1.29 is 9.90 Å².